The number of carbonyl (C=O) groups is 1. The molecule has 2 heterocycles. The fourth-order valence-electron chi connectivity index (χ4n) is 4.51. The van der Waals surface area contributed by atoms with Crippen molar-refractivity contribution in [2.75, 3.05) is 39.4 Å². The zero-order valence-electron chi connectivity index (χ0n) is 20.9. The first-order valence-electron chi connectivity index (χ1n) is 12.7. The summed E-state index contributed by atoms with van der Waals surface area (Å²) in [5.41, 5.74) is 3.05. The van der Waals surface area contributed by atoms with Gasteiger partial charge < -0.3 is 14.4 Å². The zero-order valence-corrected chi connectivity index (χ0v) is 20.9. The Morgan fingerprint density at radius 1 is 0.861 bits per heavy atom. The fraction of sp³-hybridized carbons (Fsp3) is 0.367. The number of rotatable bonds is 6. The molecule has 5 rings (SSSR count). The van der Waals surface area contributed by atoms with Crippen LogP contribution in [0, 0.1) is 5.82 Å². The van der Waals surface area contributed by atoms with E-state index in [4.69, 9.17) is 9.47 Å². The quantitative estimate of drug-likeness (QED) is 0.414. The van der Waals surface area contributed by atoms with Gasteiger partial charge in [-0.15, -0.1) is 0 Å². The summed E-state index contributed by atoms with van der Waals surface area (Å²) in [5.74, 6) is -0.240. The van der Waals surface area contributed by atoms with Gasteiger partial charge >= 0.3 is 6.09 Å². The summed E-state index contributed by atoms with van der Waals surface area (Å²) in [6.07, 6.45) is 1.49. The highest BCUT2D eigenvalue weighted by Gasteiger charge is 2.31. The Hall–Kier alpha value is -3.22. The number of nitrogens with zero attached hydrogens (tertiary/aromatic N) is 2. The fourth-order valence-corrected chi connectivity index (χ4v) is 4.51. The third-order valence-electron chi connectivity index (χ3n) is 6.77. The highest BCUT2D eigenvalue weighted by atomic mass is 19.1. The summed E-state index contributed by atoms with van der Waals surface area (Å²) >= 11 is 0. The van der Waals surface area contributed by atoms with Crippen molar-refractivity contribution in [1.29, 1.82) is 0 Å². The minimum Gasteiger partial charge on any atom is -0.446 e. The number of ether oxygens (including phenoxy) is 2. The normalized spacial score (nSPS) is 19.1. The van der Waals surface area contributed by atoms with Gasteiger partial charge in [0.25, 0.3) is 0 Å². The molecule has 0 spiro atoms. The standard InChI is InChI=1S/C24H29FN2O3.C6H6/c1-18(19-2-4-20(5-3-19)21-6-8-22(25)9-7-21)27-13-11-23(30-24(27)28)10-12-26-14-16-29-17-15-26;1-2-4-6-5-3-1/h2-9,18,23H,10-17H2,1H3;1-6H. The van der Waals surface area contributed by atoms with Gasteiger partial charge in [0.15, 0.2) is 0 Å². The van der Waals surface area contributed by atoms with E-state index in [1.54, 1.807) is 17.0 Å². The van der Waals surface area contributed by atoms with Gasteiger partial charge in [-0.05, 0) is 42.2 Å². The second-order valence-corrected chi connectivity index (χ2v) is 9.19. The van der Waals surface area contributed by atoms with E-state index in [1.165, 1.54) is 12.1 Å². The summed E-state index contributed by atoms with van der Waals surface area (Å²) in [5, 5.41) is 0. The van der Waals surface area contributed by atoms with Crippen LogP contribution >= 0.6 is 0 Å². The topological polar surface area (TPSA) is 42.0 Å². The molecule has 36 heavy (non-hydrogen) atoms. The SMILES string of the molecule is CC(c1ccc(-c2ccc(F)cc2)cc1)N1CCC(CCN2CCOCC2)OC1=O.c1ccccc1. The first kappa shape index (κ1) is 25.9. The lowest BCUT2D eigenvalue weighted by Crippen LogP contribution is -2.45. The van der Waals surface area contributed by atoms with E-state index in [0.29, 0.717) is 6.54 Å². The number of amides is 1. The number of carbonyl (C=O) groups excluding carboxylic acids is 1. The number of morpholine rings is 1. The van der Waals surface area contributed by atoms with E-state index in [9.17, 15) is 9.18 Å². The second kappa shape index (κ2) is 13.2. The smallest absolute Gasteiger partial charge is 0.410 e. The predicted octanol–water partition coefficient (Wildman–Crippen LogP) is 6.17. The molecule has 1 amide bonds. The van der Waals surface area contributed by atoms with Crippen LogP contribution in [-0.2, 0) is 9.47 Å². The molecule has 2 saturated heterocycles. The maximum absolute atomic E-state index is 13.1. The second-order valence-electron chi connectivity index (χ2n) is 9.19. The summed E-state index contributed by atoms with van der Waals surface area (Å²) in [4.78, 5) is 16.8. The van der Waals surface area contributed by atoms with Crippen molar-refractivity contribution < 1.29 is 18.7 Å². The molecule has 0 N–H and O–H groups in total. The Kier molecular flexibility index (Phi) is 9.47. The molecule has 2 fully saturated rings. The molecule has 2 aliphatic rings. The molecule has 190 valence electrons. The highest BCUT2D eigenvalue weighted by Crippen LogP contribution is 2.28. The van der Waals surface area contributed by atoms with Gasteiger partial charge in [0.2, 0.25) is 0 Å². The summed E-state index contributed by atoms with van der Waals surface area (Å²) in [7, 11) is 0. The lowest BCUT2D eigenvalue weighted by Gasteiger charge is -2.36. The molecule has 3 aromatic carbocycles. The lowest BCUT2D eigenvalue weighted by molar-refractivity contribution is -0.00355. The van der Waals surface area contributed by atoms with Crippen molar-refractivity contribution in [2.45, 2.75) is 31.9 Å². The van der Waals surface area contributed by atoms with Crippen molar-refractivity contribution in [3.05, 3.63) is 96.3 Å². The molecule has 2 atom stereocenters. The van der Waals surface area contributed by atoms with Crippen LogP contribution in [0.3, 0.4) is 0 Å². The van der Waals surface area contributed by atoms with Gasteiger partial charge in [0.1, 0.15) is 11.9 Å². The van der Waals surface area contributed by atoms with Crippen LogP contribution < -0.4 is 0 Å². The van der Waals surface area contributed by atoms with Crippen molar-refractivity contribution >= 4 is 6.09 Å². The average Bonchev–Trinajstić information content (AvgIpc) is 2.94. The molecule has 0 aromatic heterocycles. The molecule has 2 unspecified atom stereocenters. The van der Waals surface area contributed by atoms with Gasteiger partial charge in [-0.25, -0.2) is 9.18 Å². The van der Waals surface area contributed by atoms with E-state index >= 15 is 0 Å². The van der Waals surface area contributed by atoms with E-state index in [0.717, 1.165) is 62.4 Å². The van der Waals surface area contributed by atoms with Crippen LogP contribution in [0.2, 0.25) is 0 Å². The monoisotopic (exact) mass is 490 g/mol. The molecule has 2 aliphatic heterocycles. The Morgan fingerprint density at radius 3 is 1.97 bits per heavy atom. The molecular formula is C30H35FN2O3. The van der Waals surface area contributed by atoms with Gasteiger partial charge in [-0.2, -0.15) is 0 Å². The van der Waals surface area contributed by atoms with Crippen molar-refractivity contribution in [3.63, 3.8) is 0 Å². The van der Waals surface area contributed by atoms with Crippen LogP contribution in [0.1, 0.15) is 31.4 Å². The Bertz CT molecular complexity index is 1030. The number of hydrogen-bond donors (Lipinski definition) is 0. The average molecular weight is 491 g/mol. The van der Waals surface area contributed by atoms with Crippen molar-refractivity contribution in [3.8, 4) is 11.1 Å². The first-order chi connectivity index (χ1) is 17.6. The summed E-state index contributed by atoms with van der Waals surface area (Å²) in [6, 6.07) is 26.5. The van der Waals surface area contributed by atoms with Crippen LogP contribution in [0.5, 0.6) is 0 Å². The molecule has 6 heteroatoms. The minimum atomic E-state index is -0.240. The van der Waals surface area contributed by atoms with Crippen LogP contribution in [0.4, 0.5) is 9.18 Å². The van der Waals surface area contributed by atoms with Crippen LogP contribution in [-0.4, -0.2) is 61.4 Å². The van der Waals surface area contributed by atoms with E-state index < -0.39 is 0 Å². The maximum Gasteiger partial charge on any atom is 0.410 e. The third kappa shape index (κ3) is 7.39. The maximum atomic E-state index is 13.1. The lowest BCUT2D eigenvalue weighted by atomic mass is 10.00. The first-order valence-corrected chi connectivity index (χ1v) is 12.7. The van der Waals surface area contributed by atoms with Crippen LogP contribution in [0.15, 0.2) is 84.9 Å². The number of cyclic esters (lactones) is 1. The van der Waals surface area contributed by atoms with Crippen LogP contribution in [0.25, 0.3) is 11.1 Å². The Morgan fingerprint density at radius 2 is 1.42 bits per heavy atom. The molecule has 0 aliphatic carbocycles. The van der Waals surface area contributed by atoms with Gasteiger partial charge in [-0.3, -0.25) is 4.90 Å². The third-order valence-corrected chi connectivity index (χ3v) is 6.77. The number of halogens is 1. The summed E-state index contributed by atoms with van der Waals surface area (Å²) in [6.45, 7) is 7.16. The zero-order chi connectivity index (χ0) is 25.2. The van der Waals surface area contributed by atoms with E-state index in [-0.39, 0.29) is 24.1 Å². The van der Waals surface area contributed by atoms with Gasteiger partial charge in [-0.1, -0.05) is 72.8 Å². The number of benzene rings is 3. The van der Waals surface area contributed by atoms with Gasteiger partial charge in [0, 0.05) is 32.6 Å². The van der Waals surface area contributed by atoms with Crippen molar-refractivity contribution in [1.82, 2.24) is 9.80 Å². The largest absolute Gasteiger partial charge is 0.446 e. The number of hydrogen-bond acceptors (Lipinski definition) is 4. The van der Waals surface area contributed by atoms with E-state index in [2.05, 4.69) is 4.90 Å². The van der Waals surface area contributed by atoms with Gasteiger partial charge in [0.05, 0.1) is 19.3 Å². The molecule has 0 saturated carbocycles. The van der Waals surface area contributed by atoms with Crippen molar-refractivity contribution in [2.24, 2.45) is 0 Å². The Balaban J connectivity index is 0.000000445. The molecular weight excluding hydrogens is 455 g/mol. The highest BCUT2D eigenvalue weighted by molar-refractivity contribution is 5.69. The molecule has 3 aromatic rings. The predicted molar refractivity (Wildman–Crippen MR) is 140 cm³/mol. The van der Waals surface area contributed by atoms with E-state index in [1.807, 2.05) is 67.6 Å². The molecule has 0 radical (unpaired) electrons. The molecule has 0 bridgehead atoms. The molecule has 5 nitrogen and oxygen atoms in total. The minimum absolute atomic E-state index is 0.00959. The summed E-state index contributed by atoms with van der Waals surface area (Å²) < 4.78 is 24.2. The Labute approximate surface area is 213 Å².